The van der Waals surface area contributed by atoms with Gasteiger partial charge in [-0.1, -0.05) is 65.1 Å². The van der Waals surface area contributed by atoms with Crippen LogP contribution in [-0.4, -0.2) is 15.9 Å². The van der Waals surface area contributed by atoms with Gasteiger partial charge >= 0.3 is 5.97 Å². The number of carbonyl (C=O) groups is 1. The Labute approximate surface area is 177 Å². The van der Waals surface area contributed by atoms with Crippen LogP contribution in [0.3, 0.4) is 0 Å². The zero-order valence-electron chi connectivity index (χ0n) is 14.7. The molecule has 8 heteroatoms. The highest BCUT2D eigenvalue weighted by molar-refractivity contribution is 6.34. The molecule has 0 spiro atoms. The maximum atomic E-state index is 12.2. The summed E-state index contributed by atoms with van der Waals surface area (Å²) in [5, 5.41) is 0.623. The zero-order chi connectivity index (χ0) is 20.1. The van der Waals surface area contributed by atoms with Crippen LogP contribution in [0.15, 0.2) is 54.6 Å². The lowest BCUT2D eigenvalue weighted by Gasteiger charge is -2.15. The summed E-state index contributed by atoms with van der Waals surface area (Å²) in [5.41, 5.74) is 1.29. The molecule has 0 radical (unpaired) electrons. The van der Waals surface area contributed by atoms with Crippen LogP contribution in [0.5, 0.6) is 5.88 Å². The molecule has 5 nitrogen and oxygen atoms in total. The first kappa shape index (κ1) is 20.4. The fourth-order valence-corrected chi connectivity index (χ4v) is 2.86. The van der Waals surface area contributed by atoms with Crippen molar-refractivity contribution in [3.8, 4) is 5.88 Å². The van der Waals surface area contributed by atoms with Gasteiger partial charge in [0.1, 0.15) is 23.6 Å². The number of pyridine rings is 2. The molecule has 0 amide bonds. The number of carbonyl (C=O) groups excluding carboxylic acids is 1. The van der Waals surface area contributed by atoms with Crippen molar-refractivity contribution in [1.82, 2.24) is 9.97 Å². The number of rotatable bonds is 6. The quantitative estimate of drug-likeness (QED) is 0.353. The molecule has 0 N–H and O–H groups in total. The molecule has 28 heavy (non-hydrogen) atoms. The highest BCUT2D eigenvalue weighted by atomic mass is 35.5. The van der Waals surface area contributed by atoms with Crippen LogP contribution in [-0.2, 0) is 11.3 Å². The topological polar surface area (TPSA) is 61.3 Å². The molecule has 144 valence electrons. The maximum Gasteiger partial charge on any atom is 0.358 e. The van der Waals surface area contributed by atoms with Gasteiger partial charge in [0.15, 0.2) is 5.69 Å². The van der Waals surface area contributed by atoms with Gasteiger partial charge in [0.05, 0.1) is 10.0 Å². The van der Waals surface area contributed by atoms with E-state index in [9.17, 15) is 4.79 Å². The number of benzene rings is 1. The first-order valence-corrected chi connectivity index (χ1v) is 9.43. The van der Waals surface area contributed by atoms with Gasteiger partial charge in [-0.15, -0.1) is 0 Å². The molecule has 1 unspecified atom stereocenters. The average Bonchev–Trinajstić information content (AvgIpc) is 2.70. The number of hydrogen-bond acceptors (Lipinski definition) is 5. The lowest BCUT2D eigenvalue weighted by Crippen LogP contribution is -2.10. The Morgan fingerprint density at radius 1 is 0.964 bits per heavy atom. The number of aromatic nitrogens is 2. The van der Waals surface area contributed by atoms with Crippen molar-refractivity contribution in [1.29, 1.82) is 0 Å². The highest BCUT2D eigenvalue weighted by Gasteiger charge is 2.17. The van der Waals surface area contributed by atoms with E-state index in [0.29, 0.717) is 16.6 Å². The average molecular weight is 438 g/mol. The minimum atomic E-state index is -0.727. The van der Waals surface area contributed by atoms with E-state index >= 15 is 0 Å². The third-order valence-electron chi connectivity index (χ3n) is 3.80. The second-order valence-corrected chi connectivity index (χ2v) is 6.99. The summed E-state index contributed by atoms with van der Waals surface area (Å²) in [6, 6.07) is 16.0. The molecule has 0 fully saturated rings. The molecule has 0 aliphatic carbocycles. The maximum absolute atomic E-state index is 12.2. The normalized spacial score (nSPS) is 11.7. The van der Waals surface area contributed by atoms with Crippen molar-refractivity contribution in [2.45, 2.75) is 19.6 Å². The van der Waals surface area contributed by atoms with Crippen LogP contribution in [0.25, 0.3) is 0 Å². The van der Waals surface area contributed by atoms with Gasteiger partial charge in [0.2, 0.25) is 5.88 Å². The Morgan fingerprint density at radius 3 is 2.43 bits per heavy atom. The first-order valence-electron chi connectivity index (χ1n) is 8.30. The molecule has 0 bridgehead atoms. The van der Waals surface area contributed by atoms with Gasteiger partial charge in [-0.2, -0.15) is 0 Å². The Morgan fingerprint density at radius 2 is 1.68 bits per heavy atom. The number of halogens is 3. The van der Waals surface area contributed by atoms with Gasteiger partial charge < -0.3 is 9.47 Å². The lowest BCUT2D eigenvalue weighted by molar-refractivity contribution is 0.0459. The van der Waals surface area contributed by atoms with E-state index in [2.05, 4.69) is 9.97 Å². The van der Waals surface area contributed by atoms with E-state index in [-0.39, 0.29) is 28.6 Å². The van der Waals surface area contributed by atoms with E-state index in [1.165, 1.54) is 12.1 Å². The smallest absolute Gasteiger partial charge is 0.358 e. The number of hydrogen-bond donors (Lipinski definition) is 0. The zero-order valence-corrected chi connectivity index (χ0v) is 17.0. The predicted molar refractivity (Wildman–Crippen MR) is 108 cm³/mol. The standard InChI is InChI=1S/C20H15Cl3N2O3/c1-12(13-5-3-2-4-6-13)28-18-10-8-14(21)16(24-18)11-27-20(26)19-15(22)7-9-17(23)25-19/h2-10,12H,11H2,1H3. The van der Waals surface area contributed by atoms with Crippen LogP contribution >= 0.6 is 34.8 Å². The Balaban J connectivity index is 1.69. The second kappa shape index (κ2) is 9.24. The minimum absolute atomic E-state index is 0.0737. The monoisotopic (exact) mass is 436 g/mol. The Hall–Kier alpha value is -2.34. The summed E-state index contributed by atoms with van der Waals surface area (Å²) >= 11 is 17.9. The fourth-order valence-electron chi connectivity index (χ4n) is 2.37. The molecule has 0 saturated heterocycles. The number of esters is 1. The Kier molecular flexibility index (Phi) is 6.73. The van der Waals surface area contributed by atoms with Crippen molar-refractivity contribution in [3.05, 3.63) is 86.7 Å². The molecule has 0 aliphatic rings. The summed E-state index contributed by atoms with van der Waals surface area (Å²) in [6.07, 6.45) is -0.209. The molecule has 2 heterocycles. The van der Waals surface area contributed by atoms with E-state index in [1.807, 2.05) is 37.3 Å². The third kappa shape index (κ3) is 5.13. The van der Waals surface area contributed by atoms with E-state index < -0.39 is 5.97 Å². The number of ether oxygens (including phenoxy) is 2. The SMILES string of the molecule is CC(Oc1ccc(Cl)c(COC(=O)c2nc(Cl)ccc2Cl)n1)c1ccccc1. The molecular weight excluding hydrogens is 423 g/mol. The molecule has 3 aromatic rings. The third-order valence-corrected chi connectivity index (χ3v) is 4.66. The van der Waals surface area contributed by atoms with Crippen molar-refractivity contribution < 1.29 is 14.3 Å². The van der Waals surface area contributed by atoms with Gasteiger partial charge in [-0.05, 0) is 30.7 Å². The first-order chi connectivity index (χ1) is 13.4. The Bertz CT molecular complexity index is 984. The van der Waals surface area contributed by atoms with E-state index in [1.54, 1.807) is 12.1 Å². The predicted octanol–water partition coefficient (Wildman–Crippen LogP) is 5.93. The van der Waals surface area contributed by atoms with E-state index in [0.717, 1.165) is 5.56 Å². The molecule has 3 rings (SSSR count). The van der Waals surface area contributed by atoms with Crippen molar-refractivity contribution >= 4 is 40.8 Å². The summed E-state index contributed by atoms with van der Waals surface area (Å²) in [5.74, 6) is -0.361. The van der Waals surface area contributed by atoms with Crippen molar-refractivity contribution in [2.75, 3.05) is 0 Å². The fraction of sp³-hybridized carbons (Fsp3) is 0.150. The van der Waals surface area contributed by atoms with Crippen LogP contribution in [0, 0.1) is 0 Å². The highest BCUT2D eigenvalue weighted by Crippen LogP contribution is 2.24. The van der Waals surface area contributed by atoms with Crippen LogP contribution in [0.1, 0.15) is 34.8 Å². The molecule has 1 aromatic carbocycles. The van der Waals surface area contributed by atoms with Gasteiger partial charge in [-0.25, -0.2) is 14.8 Å². The molecule has 1 atom stereocenters. The summed E-state index contributed by atoms with van der Waals surface area (Å²) in [4.78, 5) is 20.4. The lowest BCUT2D eigenvalue weighted by atomic mass is 10.1. The van der Waals surface area contributed by atoms with Crippen LogP contribution in [0.2, 0.25) is 15.2 Å². The second-order valence-electron chi connectivity index (χ2n) is 5.79. The molecule has 0 aliphatic heterocycles. The summed E-state index contributed by atoms with van der Waals surface area (Å²) in [6.45, 7) is 1.75. The van der Waals surface area contributed by atoms with Crippen LogP contribution in [0.4, 0.5) is 0 Å². The summed E-state index contributed by atoms with van der Waals surface area (Å²) < 4.78 is 11.1. The molecule has 2 aromatic heterocycles. The van der Waals surface area contributed by atoms with Gasteiger partial charge in [-0.3, -0.25) is 0 Å². The van der Waals surface area contributed by atoms with Crippen molar-refractivity contribution in [3.63, 3.8) is 0 Å². The van der Waals surface area contributed by atoms with Crippen molar-refractivity contribution in [2.24, 2.45) is 0 Å². The van der Waals surface area contributed by atoms with Gasteiger partial charge in [0.25, 0.3) is 0 Å². The molecule has 0 saturated carbocycles. The van der Waals surface area contributed by atoms with E-state index in [4.69, 9.17) is 44.3 Å². The number of nitrogens with zero attached hydrogens (tertiary/aromatic N) is 2. The minimum Gasteiger partial charge on any atom is -0.470 e. The largest absolute Gasteiger partial charge is 0.470 e. The summed E-state index contributed by atoms with van der Waals surface area (Å²) in [7, 11) is 0. The van der Waals surface area contributed by atoms with Crippen LogP contribution < -0.4 is 4.74 Å². The molecular formula is C20H15Cl3N2O3. The van der Waals surface area contributed by atoms with Gasteiger partial charge in [0, 0.05) is 6.07 Å².